The number of rotatable bonds is 8. The molecular weight excluding hydrogens is 446 g/mol. The average molecular weight is 474 g/mol. The van der Waals surface area contributed by atoms with Gasteiger partial charge >= 0.3 is 12.1 Å². The molecule has 2 aromatic carbocycles. The molecule has 8 heteroatoms. The molecule has 1 unspecified atom stereocenters. The first-order chi connectivity index (χ1) is 16.8. The summed E-state index contributed by atoms with van der Waals surface area (Å²) in [5.41, 5.74) is 6.82. The van der Waals surface area contributed by atoms with Crippen molar-refractivity contribution < 1.29 is 24.2 Å². The van der Waals surface area contributed by atoms with Crippen LogP contribution in [-0.4, -0.2) is 40.7 Å². The zero-order valence-electron chi connectivity index (χ0n) is 19.6. The van der Waals surface area contributed by atoms with Crippen molar-refractivity contribution in [2.45, 2.75) is 38.8 Å². The summed E-state index contributed by atoms with van der Waals surface area (Å²) in [6.45, 7) is 3.98. The summed E-state index contributed by atoms with van der Waals surface area (Å²) in [7, 11) is 0. The molecule has 2 amide bonds. The number of hydrogen-bond acceptors (Lipinski definition) is 5. The van der Waals surface area contributed by atoms with Crippen molar-refractivity contribution in [1.29, 1.82) is 0 Å². The lowest BCUT2D eigenvalue weighted by molar-refractivity contribution is -0.139. The Bertz CT molecular complexity index is 1230. The van der Waals surface area contributed by atoms with Crippen LogP contribution >= 0.6 is 0 Å². The van der Waals surface area contributed by atoms with Gasteiger partial charge in [-0.25, -0.2) is 4.79 Å². The SMILES string of the molecule is Cc1ccc(CNC(=O)C(CC(=O)O)NC(=O)OCC2c3ccccc3-c3ccccc32)nc1C. The van der Waals surface area contributed by atoms with Gasteiger partial charge < -0.3 is 20.5 Å². The monoisotopic (exact) mass is 473 g/mol. The second-order valence-electron chi connectivity index (χ2n) is 8.54. The van der Waals surface area contributed by atoms with Gasteiger partial charge in [-0.1, -0.05) is 54.6 Å². The van der Waals surface area contributed by atoms with Gasteiger partial charge in [-0.15, -0.1) is 0 Å². The molecule has 180 valence electrons. The summed E-state index contributed by atoms with van der Waals surface area (Å²) in [5, 5.41) is 14.3. The Kier molecular flexibility index (Phi) is 7.10. The van der Waals surface area contributed by atoms with Crippen molar-refractivity contribution in [3.8, 4) is 11.1 Å². The Morgan fingerprint density at radius 2 is 1.60 bits per heavy atom. The summed E-state index contributed by atoms with van der Waals surface area (Å²) in [5.74, 6) is -1.98. The smallest absolute Gasteiger partial charge is 0.407 e. The van der Waals surface area contributed by atoms with E-state index in [4.69, 9.17) is 4.74 Å². The second-order valence-corrected chi connectivity index (χ2v) is 8.54. The van der Waals surface area contributed by atoms with Crippen LogP contribution in [0.4, 0.5) is 4.79 Å². The van der Waals surface area contributed by atoms with Crippen LogP contribution < -0.4 is 10.6 Å². The molecule has 1 aromatic heterocycles. The number of hydrogen-bond donors (Lipinski definition) is 3. The summed E-state index contributed by atoms with van der Waals surface area (Å²) in [4.78, 5) is 40.9. The van der Waals surface area contributed by atoms with Crippen LogP contribution in [0.1, 0.15) is 40.4 Å². The Labute approximate surface area is 203 Å². The first kappa shape index (κ1) is 23.9. The largest absolute Gasteiger partial charge is 0.481 e. The van der Waals surface area contributed by atoms with E-state index in [1.165, 1.54) is 0 Å². The van der Waals surface area contributed by atoms with Gasteiger partial charge in [0.1, 0.15) is 12.6 Å². The minimum absolute atomic E-state index is 0.0633. The fourth-order valence-corrected chi connectivity index (χ4v) is 4.25. The Morgan fingerprint density at radius 3 is 2.20 bits per heavy atom. The topological polar surface area (TPSA) is 118 Å². The highest BCUT2D eigenvalue weighted by molar-refractivity contribution is 5.89. The summed E-state index contributed by atoms with van der Waals surface area (Å²) in [6, 6.07) is 18.3. The number of amides is 2. The number of carbonyl (C=O) groups is 3. The fourth-order valence-electron chi connectivity index (χ4n) is 4.25. The number of aryl methyl sites for hydroxylation is 2. The third-order valence-corrected chi connectivity index (χ3v) is 6.18. The number of alkyl carbamates (subject to hydrolysis) is 1. The maximum atomic E-state index is 12.7. The summed E-state index contributed by atoms with van der Waals surface area (Å²) < 4.78 is 5.46. The van der Waals surface area contributed by atoms with Gasteiger partial charge in [-0.05, 0) is 47.7 Å². The quantitative estimate of drug-likeness (QED) is 0.459. The summed E-state index contributed by atoms with van der Waals surface area (Å²) in [6.07, 6.45) is -1.42. The number of benzene rings is 2. The van der Waals surface area contributed by atoms with Crippen LogP contribution in [-0.2, 0) is 20.9 Å². The highest BCUT2D eigenvalue weighted by Crippen LogP contribution is 2.44. The molecule has 3 aromatic rings. The number of carbonyl (C=O) groups excluding carboxylic acids is 2. The van der Waals surface area contributed by atoms with Crippen LogP contribution in [0, 0.1) is 13.8 Å². The Morgan fingerprint density at radius 1 is 0.971 bits per heavy atom. The van der Waals surface area contributed by atoms with E-state index < -0.39 is 30.4 Å². The third-order valence-electron chi connectivity index (χ3n) is 6.18. The number of pyridine rings is 1. The molecule has 0 radical (unpaired) electrons. The summed E-state index contributed by atoms with van der Waals surface area (Å²) >= 11 is 0. The number of aromatic nitrogens is 1. The number of nitrogens with zero attached hydrogens (tertiary/aromatic N) is 1. The van der Waals surface area contributed by atoms with Crippen LogP contribution in [0.2, 0.25) is 0 Å². The first-order valence-corrected chi connectivity index (χ1v) is 11.4. The van der Waals surface area contributed by atoms with E-state index in [-0.39, 0.29) is 19.1 Å². The molecule has 0 saturated carbocycles. The first-order valence-electron chi connectivity index (χ1n) is 11.4. The van der Waals surface area contributed by atoms with Crippen LogP contribution in [0.5, 0.6) is 0 Å². The molecule has 3 N–H and O–H groups in total. The molecule has 8 nitrogen and oxygen atoms in total. The van der Waals surface area contributed by atoms with Crippen molar-refractivity contribution in [2.75, 3.05) is 6.61 Å². The lowest BCUT2D eigenvalue weighted by Gasteiger charge is -2.18. The molecule has 1 aliphatic rings. The number of carboxylic acid groups (broad SMARTS) is 1. The van der Waals surface area contributed by atoms with Crippen molar-refractivity contribution in [2.24, 2.45) is 0 Å². The van der Waals surface area contributed by atoms with Crippen LogP contribution in [0.25, 0.3) is 11.1 Å². The normalized spacial score (nSPS) is 12.9. The van der Waals surface area contributed by atoms with E-state index in [9.17, 15) is 19.5 Å². The van der Waals surface area contributed by atoms with Crippen molar-refractivity contribution in [3.63, 3.8) is 0 Å². The van der Waals surface area contributed by atoms with E-state index in [1.54, 1.807) is 6.07 Å². The van der Waals surface area contributed by atoms with E-state index in [2.05, 4.69) is 15.6 Å². The number of carboxylic acids is 1. The standard InChI is InChI=1S/C27H27N3O5/c1-16-11-12-18(29-17(16)2)14-28-26(33)24(13-25(31)32)30-27(34)35-15-23-21-9-5-3-7-19(21)20-8-4-6-10-22(20)23/h3-12,23-24H,13-15H2,1-2H3,(H,28,33)(H,30,34)(H,31,32). The Hall–Kier alpha value is -4.20. The van der Waals surface area contributed by atoms with Crippen molar-refractivity contribution in [1.82, 2.24) is 15.6 Å². The molecule has 1 heterocycles. The molecule has 1 aliphatic carbocycles. The number of fused-ring (bicyclic) bond motifs is 3. The lowest BCUT2D eigenvalue weighted by Crippen LogP contribution is -2.48. The molecule has 0 spiro atoms. The highest BCUT2D eigenvalue weighted by atomic mass is 16.5. The van der Waals surface area contributed by atoms with Gasteiger partial charge in [0.2, 0.25) is 5.91 Å². The van der Waals surface area contributed by atoms with E-state index in [0.717, 1.165) is 33.5 Å². The average Bonchev–Trinajstić information content (AvgIpc) is 3.16. The van der Waals surface area contributed by atoms with Crippen molar-refractivity contribution >= 4 is 18.0 Å². The van der Waals surface area contributed by atoms with Gasteiger partial charge in [-0.2, -0.15) is 0 Å². The number of nitrogens with one attached hydrogen (secondary N) is 2. The second kappa shape index (κ2) is 10.4. The predicted molar refractivity (Wildman–Crippen MR) is 130 cm³/mol. The number of aliphatic carboxylic acids is 1. The molecule has 1 atom stereocenters. The predicted octanol–water partition coefficient (Wildman–Crippen LogP) is 3.70. The maximum absolute atomic E-state index is 12.7. The molecule has 0 aliphatic heterocycles. The van der Waals surface area contributed by atoms with Gasteiger partial charge in [0.05, 0.1) is 18.7 Å². The van der Waals surface area contributed by atoms with E-state index >= 15 is 0 Å². The maximum Gasteiger partial charge on any atom is 0.407 e. The molecule has 0 bridgehead atoms. The van der Waals surface area contributed by atoms with Crippen LogP contribution in [0.3, 0.4) is 0 Å². The molecule has 0 saturated heterocycles. The molecule has 0 fully saturated rings. The Balaban J connectivity index is 1.38. The third kappa shape index (κ3) is 5.48. The van der Waals surface area contributed by atoms with Gasteiger partial charge in [0.25, 0.3) is 0 Å². The minimum Gasteiger partial charge on any atom is -0.481 e. The zero-order chi connectivity index (χ0) is 24.9. The zero-order valence-corrected chi connectivity index (χ0v) is 19.6. The minimum atomic E-state index is -1.28. The van der Waals surface area contributed by atoms with Crippen molar-refractivity contribution in [3.05, 3.63) is 88.7 Å². The lowest BCUT2D eigenvalue weighted by atomic mass is 9.98. The van der Waals surface area contributed by atoms with Gasteiger partial charge in [-0.3, -0.25) is 14.6 Å². The van der Waals surface area contributed by atoms with Crippen LogP contribution in [0.15, 0.2) is 60.7 Å². The van der Waals surface area contributed by atoms with E-state index in [1.807, 2.05) is 68.4 Å². The fraction of sp³-hybridized carbons (Fsp3) is 0.259. The molecule has 35 heavy (non-hydrogen) atoms. The highest BCUT2D eigenvalue weighted by Gasteiger charge is 2.30. The number of ether oxygens (including phenoxy) is 1. The van der Waals surface area contributed by atoms with Gasteiger partial charge in [0.15, 0.2) is 0 Å². The van der Waals surface area contributed by atoms with E-state index in [0.29, 0.717) is 5.69 Å². The molecular formula is C27H27N3O5. The van der Waals surface area contributed by atoms with Gasteiger partial charge in [0, 0.05) is 11.6 Å². The molecule has 4 rings (SSSR count).